The molecular weight excluding hydrogens is 488 g/mol. The van der Waals surface area contributed by atoms with Gasteiger partial charge in [-0.15, -0.1) is 0 Å². The van der Waals surface area contributed by atoms with Crippen molar-refractivity contribution in [3.05, 3.63) is 0 Å². The van der Waals surface area contributed by atoms with Crippen LogP contribution in [-0.2, 0) is 4.79 Å². The highest BCUT2D eigenvalue weighted by Gasteiger charge is 1.97. The Kier molecular flexibility index (Phi) is 42.2. The van der Waals surface area contributed by atoms with Gasteiger partial charge < -0.3 is 5.11 Å². The normalized spacial score (nSPS) is 11.0. The molecule has 2 heteroatoms. The highest BCUT2D eigenvalue weighted by molar-refractivity contribution is 5.66. The van der Waals surface area contributed by atoms with Crippen LogP contribution in [0.3, 0.4) is 0 Å². The molecule has 0 bridgehead atoms. The standard InChI is InChI=1S/C22H46.C16H32O2/c1-3-5-7-9-11-13-15-17-19-21-22-20-18-16-14-12-10-8-6-4-2;1-2-3-4-5-6-7-8-9-10-11-12-13-14-15-16(17)18/h3-22H2,1-2H3;2-15H2,1H3,(H,17,18). The van der Waals surface area contributed by atoms with Crippen LogP contribution in [0.1, 0.15) is 239 Å². The summed E-state index contributed by atoms with van der Waals surface area (Å²) in [4.78, 5) is 10.3. The molecule has 242 valence electrons. The van der Waals surface area contributed by atoms with Gasteiger partial charge in [-0.1, -0.05) is 226 Å². The molecule has 0 rings (SSSR count). The van der Waals surface area contributed by atoms with Gasteiger partial charge in [0.2, 0.25) is 0 Å². The summed E-state index contributed by atoms with van der Waals surface area (Å²) >= 11 is 0. The maximum atomic E-state index is 10.3. The van der Waals surface area contributed by atoms with Crippen molar-refractivity contribution in [2.24, 2.45) is 0 Å². The van der Waals surface area contributed by atoms with Crippen LogP contribution in [-0.4, -0.2) is 11.1 Å². The van der Waals surface area contributed by atoms with Crippen molar-refractivity contribution in [1.29, 1.82) is 0 Å². The molecule has 0 aliphatic heterocycles. The zero-order chi connectivity index (χ0) is 29.6. The van der Waals surface area contributed by atoms with Gasteiger partial charge in [0.1, 0.15) is 0 Å². The van der Waals surface area contributed by atoms with Gasteiger partial charge in [-0.05, 0) is 6.42 Å². The molecule has 0 fully saturated rings. The first kappa shape index (κ1) is 41.6. The summed E-state index contributed by atoms with van der Waals surface area (Å²) in [6.07, 6.45) is 46.7. The number of carboxylic acid groups (broad SMARTS) is 1. The third-order valence-electron chi connectivity index (χ3n) is 8.45. The number of hydrogen-bond acceptors (Lipinski definition) is 1. The van der Waals surface area contributed by atoms with E-state index >= 15 is 0 Å². The number of aliphatic carboxylic acids is 1. The molecule has 40 heavy (non-hydrogen) atoms. The summed E-state index contributed by atoms with van der Waals surface area (Å²) in [6, 6.07) is 0. The highest BCUT2D eigenvalue weighted by atomic mass is 16.4. The maximum absolute atomic E-state index is 10.3. The molecule has 0 heterocycles. The third kappa shape index (κ3) is 44.5. The van der Waals surface area contributed by atoms with E-state index < -0.39 is 5.97 Å². The van der Waals surface area contributed by atoms with E-state index in [-0.39, 0.29) is 0 Å². The van der Waals surface area contributed by atoms with Gasteiger partial charge >= 0.3 is 5.97 Å². The van der Waals surface area contributed by atoms with Crippen LogP contribution in [0.2, 0.25) is 0 Å². The fourth-order valence-electron chi connectivity index (χ4n) is 5.62. The molecule has 2 nitrogen and oxygen atoms in total. The number of carboxylic acids is 1. The Bertz CT molecular complexity index is 413. The van der Waals surface area contributed by atoms with Crippen molar-refractivity contribution in [3.63, 3.8) is 0 Å². The van der Waals surface area contributed by atoms with Crippen LogP contribution in [0.4, 0.5) is 0 Å². The van der Waals surface area contributed by atoms with Crippen molar-refractivity contribution in [2.75, 3.05) is 0 Å². The Morgan fingerprint density at radius 1 is 0.300 bits per heavy atom. The molecule has 0 atom stereocenters. The van der Waals surface area contributed by atoms with E-state index in [1.165, 1.54) is 199 Å². The lowest BCUT2D eigenvalue weighted by Gasteiger charge is -2.03. The first-order valence-electron chi connectivity index (χ1n) is 18.9. The molecule has 0 unspecified atom stereocenters. The molecule has 0 spiro atoms. The summed E-state index contributed by atoms with van der Waals surface area (Å²) in [5, 5.41) is 8.49. The van der Waals surface area contributed by atoms with E-state index in [9.17, 15) is 4.79 Å². The van der Waals surface area contributed by atoms with Crippen LogP contribution in [0.15, 0.2) is 0 Å². The molecule has 0 saturated heterocycles. The summed E-state index contributed by atoms with van der Waals surface area (Å²) in [7, 11) is 0. The largest absolute Gasteiger partial charge is 0.481 e. The summed E-state index contributed by atoms with van der Waals surface area (Å²) < 4.78 is 0. The van der Waals surface area contributed by atoms with Gasteiger partial charge in [0.15, 0.2) is 0 Å². The molecule has 0 saturated carbocycles. The molecule has 0 aromatic heterocycles. The lowest BCUT2D eigenvalue weighted by molar-refractivity contribution is -0.137. The quantitative estimate of drug-likeness (QED) is 0.0802. The summed E-state index contributed by atoms with van der Waals surface area (Å²) in [5.41, 5.74) is 0. The Morgan fingerprint density at radius 3 is 0.600 bits per heavy atom. The second-order valence-corrected chi connectivity index (χ2v) is 12.8. The average molecular weight is 567 g/mol. The van der Waals surface area contributed by atoms with Crippen LogP contribution in [0.5, 0.6) is 0 Å². The van der Waals surface area contributed by atoms with E-state index in [1.54, 1.807) is 0 Å². The van der Waals surface area contributed by atoms with E-state index in [1.807, 2.05) is 0 Å². The van der Waals surface area contributed by atoms with Gasteiger partial charge in [0, 0.05) is 6.42 Å². The fraction of sp³-hybridized carbons (Fsp3) is 0.974. The lowest BCUT2D eigenvalue weighted by Crippen LogP contribution is -1.93. The van der Waals surface area contributed by atoms with Crippen LogP contribution in [0, 0.1) is 0 Å². The Balaban J connectivity index is 0. The van der Waals surface area contributed by atoms with E-state index in [2.05, 4.69) is 20.8 Å². The van der Waals surface area contributed by atoms with Crippen LogP contribution in [0.25, 0.3) is 0 Å². The molecule has 0 aromatic rings. The Hall–Kier alpha value is -0.530. The van der Waals surface area contributed by atoms with E-state index in [0.29, 0.717) is 6.42 Å². The Labute approximate surface area is 254 Å². The average Bonchev–Trinajstić information content (AvgIpc) is 2.95. The monoisotopic (exact) mass is 567 g/mol. The van der Waals surface area contributed by atoms with Crippen LogP contribution >= 0.6 is 0 Å². The minimum Gasteiger partial charge on any atom is -0.481 e. The fourth-order valence-corrected chi connectivity index (χ4v) is 5.62. The first-order chi connectivity index (χ1) is 19.7. The third-order valence-corrected chi connectivity index (χ3v) is 8.45. The minimum atomic E-state index is -0.655. The predicted octanol–water partition coefficient (Wildman–Crippen LogP) is 14.4. The molecule has 0 radical (unpaired) electrons. The van der Waals surface area contributed by atoms with Crippen molar-refractivity contribution in [3.8, 4) is 0 Å². The summed E-state index contributed by atoms with van der Waals surface area (Å²) in [6.45, 7) is 6.86. The predicted molar refractivity (Wildman–Crippen MR) is 182 cm³/mol. The smallest absolute Gasteiger partial charge is 0.303 e. The van der Waals surface area contributed by atoms with Gasteiger partial charge in [-0.25, -0.2) is 0 Å². The zero-order valence-corrected chi connectivity index (χ0v) is 28.4. The van der Waals surface area contributed by atoms with Crippen molar-refractivity contribution in [1.82, 2.24) is 0 Å². The van der Waals surface area contributed by atoms with Crippen molar-refractivity contribution < 1.29 is 9.90 Å². The van der Waals surface area contributed by atoms with Crippen molar-refractivity contribution in [2.45, 2.75) is 239 Å². The molecular formula is C38H78O2. The SMILES string of the molecule is CCCCCCCCCCCCCCCC(=O)O.CCCCCCCCCCCCCCCCCCCCCC. The number of carbonyl (C=O) groups is 1. The van der Waals surface area contributed by atoms with E-state index in [4.69, 9.17) is 5.11 Å². The molecule has 0 aliphatic rings. The number of rotatable bonds is 33. The molecule has 0 aliphatic carbocycles. The highest BCUT2D eigenvalue weighted by Crippen LogP contribution is 2.15. The Morgan fingerprint density at radius 2 is 0.450 bits per heavy atom. The van der Waals surface area contributed by atoms with E-state index in [0.717, 1.165) is 12.8 Å². The topological polar surface area (TPSA) is 37.3 Å². The van der Waals surface area contributed by atoms with Gasteiger partial charge in [0.05, 0.1) is 0 Å². The molecule has 1 N–H and O–H groups in total. The molecule has 0 amide bonds. The number of unbranched alkanes of at least 4 members (excludes halogenated alkanes) is 31. The van der Waals surface area contributed by atoms with Gasteiger partial charge in [-0.2, -0.15) is 0 Å². The van der Waals surface area contributed by atoms with Gasteiger partial charge in [-0.3, -0.25) is 4.79 Å². The second kappa shape index (κ2) is 40.6. The van der Waals surface area contributed by atoms with Crippen LogP contribution < -0.4 is 0 Å². The molecule has 0 aromatic carbocycles. The number of hydrogen-bond donors (Lipinski definition) is 1. The maximum Gasteiger partial charge on any atom is 0.303 e. The minimum absolute atomic E-state index is 0.345. The lowest BCUT2D eigenvalue weighted by atomic mass is 10.0. The second-order valence-electron chi connectivity index (χ2n) is 12.8. The van der Waals surface area contributed by atoms with Gasteiger partial charge in [0.25, 0.3) is 0 Å². The first-order valence-corrected chi connectivity index (χ1v) is 18.9. The van der Waals surface area contributed by atoms with Crippen molar-refractivity contribution >= 4 is 5.97 Å². The zero-order valence-electron chi connectivity index (χ0n) is 28.4. The summed E-state index contributed by atoms with van der Waals surface area (Å²) in [5.74, 6) is -0.655.